The van der Waals surface area contributed by atoms with Gasteiger partial charge < -0.3 is 10.6 Å². The van der Waals surface area contributed by atoms with Crippen LogP contribution in [0.5, 0.6) is 0 Å². The summed E-state index contributed by atoms with van der Waals surface area (Å²) >= 11 is 0. The maximum absolute atomic E-state index is 12.5. The summed E-state index contributed by atoms with van der Waals surface area (Å²) in [6.45, 7) is 8.50. The zero-order valence-corrected chi connectivity index (χ0v) is 18.0. The lowest BCUT2D eigenvalue weighted by Crippen LogP contribution is -2.14. The van der Waals surface area contributed by atoms with Crippen LogP contribution in [0.15, 0.2) is 72.8 Å². The predicted octanol–water partition coefficient (Wildman–Crippen LogP) is 6.05. The highest BCUT2D eigenvalue weighted by Gasteiger charge is 2.14. The molecule has 4 nitrogen and oxygen atoms in total. The summed E-state index contributed by atoms with van der Waals surface area (Å²) in [6.07, 6.45) is 0.940. The Morgan fingerprint density at radius 3 is 1.43 bits per heavy atom. The van der Waals surface area contributed by atoms with E-state index in [1.165, 1.54) is 11.1 Å². The summed E-state index contributed by atoms with van der Waals surface area (Å²) in [6, 6.07) is 22.3. The highest BCUT2D eigenvalue weighted by Crippen LogP contribution is 2.22. The summed E-state index contributed by atoms with van der Waals surface area (Å²) in [7, 11) is 0. The number of carbonyl (C=O) groups is 2. The zero-order valence-electron chi connectivity index (χ0n) is 18.0. The van der Waals surface area contributed by atoms with Crippen LogP contribution in [0.2, 0.25) is 0 Å². The zero-order chi connectivity index (χ0) is 21.7. The fraction of sp³-hybridized carbons (Fsp3) is 0.231. The Kier molecular flexibility index (Phi) is 6.36. The number of amides is 2. The normalized spacial score (nSPS) is 11.1. The van der Waals surface area contributed by atoms with Crippen molar-refractivity contribution in [3.63, 3.8) is 0 Å². The minimum atomic E-state index is -0.164. The topological polar surface area (TPSA) is 58.2 Å². The quantitative estimate of drug-likeness (QED) is 0.548. The Labute approximate surface area is 178 Å². The van der Waals surface area contributed by atoms with E-state index in [-0.39, 0.29) is 17.2 Å². The molecule has 154 valence electrons. The standard InChI is InChI=1S/C26H28N2O2/c1-5-18-6-8-19(9-7-18)24(29)27-22-14-16-23(17-15-22)28-25(30)20-10-12-21(13-11-20)26(2,3)4/h6-17H,5H2,1-4H3,(H,27,29)(H,28,30). The van der Waals surface area contributed by atoms with Crippen molar-refractivity contribution in [3.8, 4) is 0 Å². The first-order valence-electron chi connectivity index (χ1n) is 10.2. The predicted molar refractivity (Wildman–Crippen MR) is 123 cm³/mol. The van der Waals surface area contributed by atoms with Crippen LogP contribution >= 0.6 is 0 Å². The molecule has 3 aromatic carbocycles. The number of aryl methyl sites for hydroxylation is 1. The molecule has 2 N–H and O–H groups in total. The van der Waals surface area contributed by atoms with Gasteiger partial charge in [0.05, 0.1) is 0 Å². The second kappa shape index (κ2) is 8.95. The Bertz CT molecular complexity index is 1010. The second-order valence-corrected chi connectivity index (χ2v) is 8.36. The Balaban J connectivity index is 1.61. The molecule has 0 atom stereocenters. The maximum atomic E-state index is 12.5. The van der Waals surface area contributed by atoms with Gasteiger partial charge in [0.25, 0.3) is 11.8 Å². The summed E-state index contributed by atoms with van der Waals surface area (Å²) in [5.41, 5.74) is 4.99. The molecule has 0 heterocycles. The molecule has 0 aromatic heterocycles. The summed E-state index contributed by atoms with van der Waals surface area (Å²) in [5.74, 6) is -0.323. The van der Waals surface area contributed by atoms with Crippen molar-refractivity contribution in [2.45, 2.75) is 39.5 Å². The van der Waals surface area contributed by atoms with Crippen molar-refractivity contribution >= 4 is 23.2 Å². The third-order valence-electron chi connectivity index (χ3n) is 5.04. The lowest BCUT2D eigenvalue weighted by Gasteiger charge is -2.19. The molecule has 4 heteroatoms. The van der Waals surface area contributed by atoms with Gasteiger partial charge in [-0.25, -0.2) is 0 Å². The number of rotatable bonds is 5. The van der Waals surface area contributed by atoms with Gasteiger partial charge in [0.15, 0.2) is 0 Å². The summed E-state index contributed by atoms with van der Waals surface area (Å²) in [4.78, 5) is 24.9. The largest absolute Gasteiger partial charge is 0.322 e. The lowest BCUT2D eigenvalue weighted by atomic mass is 9.87. The molecule has 30 heavy (non-hydrogen) atoms. The number of anilines is 2. The van der Waals surface area contributed by atoms with Crippen LogP contribution in [-0.4, -0.2) is 11.8 Å². The Hall–Kier alpha value is -3.40. The van der Waals surface area contributed by atoms with Crippen LogP contribution in [0.25, 0.3) is 0 Å². The van der Waals surface area contributed by atoms with E-state index in [2.05, 4.69) is 38.3 Å². The Morgan fingerprint density at radius 2 is 1.07 bits per heavy atom. The molecule has 0 spiro atoms. The van der Waals surface area contributed by atoms with Gasteiger partial charge in [-0.2, -0.15) is 0 Å². The molecule has 0 saturated heterocycles. The monoisotopic (exact) mass is 400 g/mol. The van der Waals surface area contributed by atoms with Crippen LogP contribution in [0.3, 0.4) is 0 Å². The maximum Gasteiger partial charge on any atom is 0.255 e. The number of hydrogen-bond donors (Lipinski definition) is 2. The van der Waals surface area contributed by atoms with Gasteiger partial charge in [0.2, 0.25) is 0 Å². The van der Waals surface area contributed by atoms with Crippen molar-refractivity contribution in [2.75, 3.05) is 10.6 Å². The highest BCUT2D eigenvalue weighted by atomic mass is 16.2. The van der Waals surface area contributed by atoms with Crippen LogP contribution in [0.4, 0.5) is 11.4 Å². The summed E-state index contributed by atoms with van der Waals surface area (Å²) in [5, 5.41) is 5.77. The van der Waals surface area contributed by atoms with E-state index >= 15 is 0 Å². The first-order valence-corrected chi connectivity index (χ1v) is 10.2. The fourth-order valence-corrected chi connectivity index (χ4v) is 3.06. The van der Waals surface area contributed by atoms with Crippen molar-refractivity contribution in [3.05, 3.63) is 95.1 Å². The van der Waals surface area contributed by atoms with Gasteiger partial charge in [-0.15, -0.1) is 0 Å². The first kappa shape index (κ1) is 21.3. The molecule has 0 aliphatic heterocycles. The number of hydrogen-bond acceptors (Lipinski definition) is 2. The second-order valence-electron chi connectivity index (χ2n) is 8.36. The third-order valence-corrected chi connectivity index (χ3v) is 5.04. The van der Waals surface area contributed by atoms with Crippen molar-refractivity contribution in [2.24, 2.45) is 0 Å². The minimum absolute atomic E-state index is 0.0489. The van der Waals surface area contributed by atoms with Crippen LogP contribution < -0.4 is 10.6 Å². The molecular weight excluding hydrogens is 372 g/mol. The van der Waals surface area contributed by atoms with E-state index in [1.54, 1.807) is 24.3 Å². The van der Waals surface area contributed by atoms with Crippen molar-refractivity contribution in [1.82, 2.24) is 0 Å². The molecular formula is C26H28N2O2. The molecule has 0 saturated carbocycles. The third kappa shape index (κ3) is 5.35. The molecule has 3 rings (SSSR count). The molecule has 0 fully saturated rings. The van der Waals surface area contributed by atoms with E-state index in [0.717, 1.165) is 6.42 Å². The van der Waals surface area contributed by atoms with E-state index in [4.69, 9.17) is 0 Å². The molecule has 0 unspecified atom stereocenters. The van der Waals surface area contributed by atoms with E-state index in [1.807, 2.05) is 48.5 Å². The number of benzene rings is 3. The van der Waals surface area contributed by atoms with Crippen LogP contribution in [0, 0.1) is 0 Å². The van der Waals surface area contributed by atoms with Gasteiger partial charge in [-0.1, -0.05) is 52.0 Å². The molecule has 0 aliphatic carbocycles. The molecule has 3 aromatic rings. The van der Waals surface area contributed by atoms with Gasteiger partial charge >= 0.3 is 0 Å². The molecule has 2 amide bonds. The average molecular weight is 401 g/mol. The van der Waals surface area contributed by atoms with Gasteiger partial charge in [-0.3, -0.25) is 9.59 Å². The molecule has 0 radical (unpaired) electrons. The highest BCUT2D eigenvalue weighted by molar-refractivity contribution is 6.05. The molecule has 0 aliphatic rings. The van der Waals surface area contributed by atoms with E-state index in [0.29, 0.717) is 22.5 Å². The van der Waals surface area contributed by atoms with Gasteiger partial charge in [0, 0.05) is 22.5 Å². The average Bonchev–Trinajstić information content (AvgIpc) is 2.74. The lowest BCUT2D eigenvalue weighted by molar-refractivity contribution is 0.101. The number of nitrogens with one attached hydrogen (secondary N) is 2. The van der Waals surface area contributed by atoms with Crippen LogP contribution in [0.1, 0.15) is 59.5 Å². The van der Waals surface area contributed by atoms with E-state index < -0.39 is 0 Å². The number of carbonyl (C=O) groups excluding carboxylic acids is 2. The van der Waals surface area contributed by atoms with Crippen molar-refractivity contribution in [1.29, 1.82) is 0 Å². The smallest absolute Gasteiger partial charge is 0.255 e. The summed E-state index contributed by atoms with van der Waals surface area (Å²) < 4.78 is 0. The first-order chi connectivity index (χ1) is 14.3. The van der Waals surface area contributed by atoms with E-state index in [9.17, 15) is 9.59 Å². The van der Waals surface area contributed by atoms with Gasteiger partial charge in [-0.05, 0) is 71.5 Å². The minimum Gasteiger partial charge on any atom is -0.322 e. The molecule has 0 bridgehead atoms. The fourth-order valence-electron chi connectivity index (χ4n) is 3.06. The van der Waals surface area contributed by atoms with Crippen molar-refractivity contribution < 1.29 is 9.59 Å². The SMILES string of the molecule is CCc1ccc(C(=O)Nc2ccc(NC(=O)c3ccc(C(C)(C)C)cc3)cc2)cc1. The van der Waals surface area contributed by atoms with Gasteiger partial charge in [0.1, 0.15) is 0 Å². The van der Waals surface area contributed by atoms with Crippen LogP contribution in [-0.2, 0) is 11.8 Å². The Morgan fingerprint density at radius 1 is 0.667 bits per heavy atom.